The number of hydrogen-bond acceptors (Lipinski definition) is 1. The lowest BCUT2D eigenvalue weighted by atomic mass is 10.1. The van der Waals surface area contributed by atoms with Gasteiger partial charge in [-0.15, -0.1) is 0 Å². The van der Waals surface area contributed by atoms with Gasteiger partial charge in [-0.2, -0.15) is 8.78 Å². The highest BCUT2D eigenvalue weighted by Gasteiger charge is 2.41. The smallest absolute Gasteiger partial charge is 0.379 e. The fourth-order valence-electron chi connectivity index (χ4n) is 1.37. The minimum atomic E-state index is -3.85. The van der Waals surface area contributed by atoms with Crippen molar-refractivity contribution < 1.29 is 18.7 Å². The first kappa shape index (κ1) is 9.64. The van der Waals surface area contributed by atoms with Crippen molar-refractivity contribution in [3.8, 4) is 0 Å². The fraction of sp³-hybridized carbons (Fsp3) is 0.100. The summed E-state index contributed by atoms with van der Waals surface area (Å²) in [4.78, 5) is 13.1. The Morgan fingerprint density at radius 3 is 2.73 bits per heavy atom. The van der Waals surface area contributed by atoms with Crippen LogP contribution in [0, 0.1) is 0 Å². The van der Waals surface area contributed by atoms with E-state index in [-0.39, 0.29) is 0 Å². The van der Waals surface area contributed by atoms with Gasteiger partial charge in [-0.3, -0.25) is 0 Å². The van der Waals surface area contributed by atoms with Crippen molar-refractivity contribution in [3.63, 3.8) is 0 Å². The molecule has 2 rings (SSSR count). The molecule has 0 radical (unpaired) electrons. The van der Waals surface area contributed by atoms with Crippen molar-refractivity contribution in [2.24, 2.45) is 0 Å². The second kappa shape index (κ2) is 3.05. The summed E-state index contributed by atoms with van der Waals surface area (Å²) in [7, 11) is 0. The Labute approximate surface area is 83.3 Å². The SMILES string of the molecule is O=C(O)C(F)(F)c1ccc2cc[nH]c2c1. The van der Waals surface area contributed by atoms with Gasteiger partial charge in [0.2, 0.25) is 0 Å². The Balaban J connectivity index is 2.57. The summed E-state index contributed by atoms with van der Waals surface area (Å²) in [6.07, 6.45) is 1.60. The molecule has 0 aliphatic rings. The number of carbonyl (C=O) groups is 1. The standard InChI is InChI=1S/C10H7F2NO2/c11-10(12,9(14)15)7-2-1-6-3-4-13-8(6)5-7/h1-5,13H,(H,14,15). The van der Waals surface area contributed by atoms with Crippen LogP contribution in [0.3, 0.4) is 0 Å². The molecule has 1 heterocycles. The van der Waals surface area contributed by atoms with Crippen molar-refractivity contribution in [3.05, 3.63) is 36.0 Å². The normalized spacial score (nSPS) is 11.9. The number of fused-ring (bicyclic) bond motifs is 1. The van der Waals surface area contributed by atoms with Gasteiger partial charge in [0.05, 0.1) is 0 Å². The molecule has 2 N–H and O–H groups in total. The third-order valence-electron chi connectivity index (χ3n) is 2.19. The van der Waals surface area contributed by atoms with E-state index in [1.807, 2.05) is 0 Å². The van der Waals surface area contributed by atoms with Gasteiger partial charge in [0.1, 0.15) is 0 Å². The van der Waals surface area contributed by atoms with Crippen molar-refractivity contribution in [2.75, 3.05) is 0 Å². The minimum absolute atomic E-state index is 0.494. The number of carboxylic acids is 1. The van der Waals surface area contributed by atoms with E-state index in [1.165, 1.54) is 6.07 Å². The quantitative estimate of drug-likeness (QED) is 0.801. The Hall–Kier alpha value is -1.91. The van der Waals surface area contributed by atoms with E-state index in [1.54, 1.807) is 12.3 Å². The van der Waals surface area contributed by atoms with Gasteiger partial charge in [-0.25, -0.2) is 4.79 Å². The van der Waals surface area contributed by atoms with Crippen molar-refractivity contribution >= 4 is 16.9 Å². The third-order valence-corrected chi connectivity index (χ3v) is 2.19. The van der Waals surface area contributed by atoms with Crippen LogP contribution < -0.4 is 0 Å². The number of rotatable bonds is 2. The van der Waals surface area contributed by atoms with Crippen LogP contribution in [0.15, 0.2) is 30.5 Å². The number of H-pyrrole nitrogens is 1. The van der Waals surface area contributed by atoms with Crippen molar-refractivity contribution in [1.82, 2.24) is 4.98 Å². The van der Waals surface area contributed by atoms with Crippen molar-refractivity contribution in [1.29, 1.82) is 0 Å². The maximum atomic E-state index is 13.1. The predicted octanol–water partition coefficient (Wildman–Crippen LogP) is 2.34. The summed E-state index contributed by atoms with van der Waals surface area (Å²) in [5, 5.41) is 9.12. The van der Waals surface area contributed by atoms with Gasteiger partial charge in [-0.1, -0.05) is 12.1 Å². The average Bonchev–Trinajstić information content (AvgIpc) is 2.63. The largest absolute Gasteiger partial charge is 0.477 e. The topological polar surface area (TPSA) is 53.1 Å². The van der Waals surface area contributed by atoms with E-state index in [2.05, 4.69) is 4.98 Å². The zero-order chi connectivity index (χ0) is 11.1. The number of hydrogen-bond donors (Lipinski definition) is 2. The summed E-state index contributed by atoms with van der Waals surface area (Å²) in [5.74, 6) is -5.99. The Bertz CT molecular complexity index is 519. The molecule has 2 aromatic rings. The van der Waals surface area contributed by atoms with Crippen LogP contribution in [0.5, 0.6) is 0 Å². The molecule has 3 nitrogen and oxygen atoms in total. The molecule has 0 fully saturated rings. The van der Waals surface area contributed by atoms with Gasteiger partial charge >= 0.3 is 11.9 Å². The van der Waals surface area contributed by atoms with E-state index in [4.69, 9.17) is 5.11 Å². The molecule has 0 aliphatic heterocycles. The molecule has 0 bridgehead atoms. The van der Waals surface area contributed by atoms with Crippen LogP contribution >= 0.6 is 0 Å². The monoisotopic (exact) mass is 211 g/mol. The van der Waals surface area contributed by atoms with Crippen LogP contribution in [0.2, 0.25) is 0 Å². The van der Waals surface area contributed by atoms with Gasteiger partial charge < -0.3 is 10.1 Å². The minimum Gasteiger partial charge on any atom is -0.477 e. The average molecular weight is 211 g/mol. The number of aliphatic carboxylic acids is 1. The summed E-state index contributed by atoms with van der Waals surface area (Å²) < 4.78 is 26.2. The lowest BCUT2D eigenvalue weighted by molar-refractivity contribution is -0.166. The lowest BCUT2D eigenvalue weighted by Crippen LogP contribution is -2.25. The molecule has 5 heteroatoms. The first-order chi connectivity index (χ1) is 7.01. The molecule has 0 atom stereocenters. The predicted molar refractivity (Wildman–Crippen MR) is 49.8 cm³/mol. The van der Waals surface area contributed by atoms with Gasteiger partial charge in [0.25, 0.3) is 0 Å². The number of carboxylic acid groups (broad SMARTS) is 1. The Kier molecular flexibility index (Phi) is 1.96. The lowest BCUT2D eigenvalue weighted by Gasteiger charge is -2.10. The molecular formula is C10H7F2NO2. The molecule has 1 aromatic heterocycles. The molecule has 1 aromatic carbocycles. The molecule has 0 saturated heterocycles. The van der Waals surface area contributed by atoms with Crippen LogP contribution in [0.4, 0.5) is 8.78 Å². The highest BCUT2D eigenvalue weighted by molar-refractivity contribution is 5.83. The van der Waals surface area contributed by atoms with E-state index in [9.17, 15) is 13.6 Å². The maximum absolute atomic E-state index is 13.1. The van der Waals surface area contributed by atoms with Gasteiger partial charge in [-0.05, 0) is 17.5 Å². The molecule has 0 spiro atoms. The number of halogens is 2. The molecule has 15 heavy (non-hydrogen) atoms. The van der Waals surface area contributed by atoms with Crippen LogP contribution in [0.1, 0.15) is 5.56 Å². The van der Waals surface area contributed by atoms with Crippen LogP contribution in [-0.2, 0) is 10.7 Å². The molecule has 78 valence electrons. The molecule has 0 aliphatic carbocycles. The number of benzene rings is 1. The Morgan fingerprint density at radius 1 is 1.33 bits per heavy atom. The molecular weight excluding hydrogens is 204 g/mol. The first-order valence-corrected chi connectivity index (χ1v) is 4.20. The number of aromatic nitrogens is 1. The summed E-state index contributed by atoms with van der Waals surface area (Å²) >= 11 is 0. The van der Waals surface area contributed by atoms with Crippen molar-refractivity contribution in [2.45, 2.75) is 5.92 Å². The molecule has 0 unspecified atom stereocenters. The summed E-state index contributed by atoms with van der Waals surface area (Å²) in [5.41, 5.74) is -0.0293. The first-order valence-electron chi connectivity index (χ1n) is 4.20. The molecule has 0 saturated carbocycles. The number of alkyl halides is 2. The van der Waals surface area contributed by atoms with E-state index < -0.39 is 17.5 Å². The summed E-state index contributed by atoms with van der Waals surface area (Å²) in [6, 6.07) is 5.43. The van der Waals surface area contributed by atoms with Crippen LogP contribution in [-0.4, -0.2) is 16.1 Å². The van der Waals surface area contributed by atoms with Gasteiger partial charge in [0, 0.05) is 17.3 Å². The zero-order valence-electron chi connectivity index (χ0n) is 7.50. The van der Waals surface area contributed by atoms with E-state index in [0.29, 0.717) is 5.52 Å². The summed E-state index contributed by atoms with van der Waals surface area (Å²) in [6.45, 7) is 0. The fourth-order valence-corrected chi connectivity index (χ4v) is 1.37. The maximum Gasteiger partial charge on any atom is 0.379 e. The van der Waals surface area contributed by atoms with E-state index >= 15 is 0 Å². The Morgan fingerprint density at radius 2 is 2.07 bits per heavy atom. The second-order valence-corrected chi connectivity index (χ2v) is 3.16. The van der Waals surface area contributed by atoms with Crippen LogP contribution in [0.25, 0.3) is 10.9 Å². The van der Waals surface area contributed by atoms with Gasteiger partial charge in [0.15, 0.2) is 0 Å². The number of aromatic amines is 1. The van der Waals surface area contributed by atoms with E-state index in [0.717, 1.165) is 17.5 Å². The highest BCUT2D eigenvalue weighted by atomic mass is 19.3. The zero-order valence-corrected chi connectivity index (χ0v) is 7.50. The number of nitrogens with one attached hydrogen (secondary N) is 1. The molecule has 0 amide bonds. The third kappa shape index (κ3) is 1.45. The second-order valence-electron chi connectivity index (χ2n) is 3.16. The highest BCUT2D eigenvalue weighted by Crippen LogP contribution is 2.30.